The molecule has 1 aliphatic heterocycles. The van der Waals surface area contributed by atoms with Gasteiger partial charge in [0, 0.05) is 12.1 Å². The van der Waals surface area contributed by atoms with Crippen LogP contribution in [0.3, 0.4) is 0 Å². The second-order valence-electron chi connectivity index (χ2n) is 6.53. The minimum Gasteiger partial charge on any atom is -0.334 e. The molecule has 0 bridgehead atoms. The highest BCUT2D eigenvalue weighted by molar-refractivity contribution is 5.99. The Balaban J connectivity index is 1.64. The fraction of sp³-hybridized carbons (Fsp3) is 0.556. The van der Waals surface area contributed by atoms with Gasteiger partial charge in [0.15, 0.2) is 0 Å². The summed E-state index contributed by atoms with van der Waals surface area (Å²) in [7, 11) is 0. The molecule has 1 saturated heterocycles. The van der Waals surface area contributed by atoms with Crippen LogP contribution in [0.2, 0.25) is 0 Å². The predicted molar refractivity (Wildman–Crippen MR) is 85.3 cm³/mol. The van der Waals surface area contributed by atoms with Crippen LogP contribution in [0.15, 0.2) is 30.3 Å². The summed E-state index contributed by atoms with van der Waals surface area (Å²) in [6.45, 7) is 1.98. The lowest BCUT2D eigenvalue weighted by Crippen LogP contribution is -2.62. The third kappa shape index (κ3) is 3.01. The molecule has 3 amide bonds. The Hall–Kier alpha value is -1.84. The van der Waals surface area contributed by atoms with E-state index in [0.29, 0.717) is 0 Å². The lowest BCUT2D eigenvalue weighted by atomic mass is 9.82. The number of benzene rings is 1. The molecular weight excluding hydrogens is 276 g/mol. The van der Waals surface area contributed by atoms with Crippen LogP contribution >= 0.6 is 0 Å². The number of imide groups is 1. The highest BCUT2D eigenvalue weighted by atomic mass is 16.2. The number of nitrogens with zero attached hydrogens (tertiary/aromatic N) is 1. The van der Waals surface area contributed by atoms with Gasteiger partial charge in [0.25, 0.3) is 0 Å². The zero-order valence-electron chi connectivity index (χ0n) is 13.1. The summed E-state index contributed by atoms with van der Waals surface area (Å²) in [6.07, 6.45) is 5.74. The zero-order valence-corrected chi connectivity index (χ0v) is 13.1. The van der Waals surface area contributed by atoms with Crippen molar-refractivity contribution in [1.29, 1.82) is 0 Å². The molecule has 3 unspecified atom stereocenters. The van der Waals surface area contributed by atoms with E-state index in [9.17, 15) is 9.59 Å². The number of hydrogen-bond acceptors (Lipinski definition) is 2. The van der Waals surface area contributed by atoms with Gasteiger partial charge in [-0.05, 0) is 38.2 Å². The first-order chi connectivity index (χ1) is 10.7. The molecular formula is C18H24N2O2. The second kappa shape index (κ2) is 6.51. The number of aryl methyl sites for hydroxylation is 1. The molecule has 2 fully saturated rings. The Kier molecular flexibility index (Phi) is 4.46. The van der Waals surface area contributed by atoms with Crippen molar-refractivity contribution in [3.05, 3.63) is 35.9 Å². The molecule has 3 rings (SSSR count). The van der Waals surface area contributed by atoms with Gasteiger partial charge in [-0.25, -0.2) is 4.79 Å². The molecule has 1 N–H and O–H groups in total. The van der Waals surface area contributed by atoms with E-state index in [4.69, 9.17) is 0 Å². The van der Waals surface area contributed by atoms with Crippen molar-refractivity contribution in [2.45, 2.75) is 57.5 Å². The molecule has 3 atom stereocenters. The summed E-state index contributed by atoms with van der Waals surface area (Å²) in [5, 5.41) is 3.04. The van der Waals surface area contributed by atoms with Gasteiger partial charge in [-0.15, -0.1) is 0 Å². The van der Waals surface area contributed by atoms with E-state index in [0.717, 1.165) is 38.5 Å². The number of hydrogen-bond donors (Lipinski definition) is 1. The summed E-state index contributed by atoms with van der Waals surface area (Å²) in [6, 6.07) is 10.0. The van der Waals surface area contributed by atoms with Crippen LogP contribution in [-0.4, -0.2) is 28.9 Å². The van der Waals surface area contributed by atoms with E-state index in [1.54, 1.807) is 0 Å². The fourth-order valence-electron chi connectivity index (χ4n) is 3.67. The summed E-state index contributed by atoms with van der Waals surface area (Å²) < 4.78 is 0. The van der Waals surface area contributed by atoms with E-state index in [2.05, 4.69) is 17.4 Å². The van der Waals surface area contributed by atoms with E-state index in [1.807, 2.05) is 25.1 Å². The van der Waals surface area contributed by atoms with Crippen molar-refractivity contribution in [2.75, 3.05) is 0 Å². The molecule has 0 radical (unpaired) electrons. The molecule has 4 heteroatoms. The average molecular weight is 300 g/mol. The van der Waals surface area contributed by atoms with Gasteiger partial charge < -0.3 is 5.32 Å². The van der Waals surface area contributed by atoms with E-state index >= 15 is 0 Å². The van der Waals surface area contributed by atoms with E-state index in [1.165, 1.54) is 10.5 Å². The number of amides is 3. The molecule has 1 aromatic carbocycles. The Morgan fingerprint density at radius 3 is 2.68 bits per heavy atom. The van der Waals surface area contributed by atoms with Crippen molar-refractivity contribution in [1.82, 2.24) is 10.2 Å². The average Bonchev–Trinajstić information content (AvgIpc) is 2.54. The lowest BCUT2D eigenvalue weighted by Gasteiger charge is -2.42. The smallest absolute Gasteiger partial charge is 0.324 e. The normalized spacial score (nSPS) is 26.3. The molecule has 0 aromatic heterocycles. The van der Waals surface area contributed by atoms with E-state index in [-0.39, 0.29) is 29.9 Å². The summed E-state index contributed by atoms with van der Waals surface area (Å²) in [4.78, 5) is 26.5. The van der Waals surface area contributed by atoms with Crippen LogP contribution < -0.4 is 5.32 Å². The number of carbonyl (C=O) groups is 2. The van der Waals surface area contributed by atoms with Gasteiger partial charge in [0.05, 0.1) is 5.92 Å². The van der Waals surface area contributed by atoms with E-state index < -0.39 is 0 Å². The van der Waals surface area contributed by atoms with Gasteiger partial charge in [0.2, 0.25) is 5.91 Å². The number of carbonyl (C=O) groups excluding carboxylic acids is 2. The minimum atomic E-state index is -0.200. The van der Waals surface area contributed by atoms with Gasteiger partial charge in [-0.1, -0.05) is 43.2 Å². The van der Waals surface area contributed by atoms with Gasteiger partial charge >= 0.3 is 6.03 Å². The maximum atomic E-state index is 12.7. The quantitative estimate of drug-likeness (QED) is 0.929. The SMILES string of the molecule is CC(CCc1ccccc1)N1C(=O)NC2CCCCC2C1=O. The van der Waals surface area contributed by atoms with Crippen LogP contribution in [0.1, 0.15) is 44.6 Å². The van der Waals surface area contributed by atoms with Crippen molar-refractivity contribution in [3.63, 3.8) is 0 Å². The Labute approximate surface area is 131 Å². The molecule has 2 aliphatic rings. The van der Waals surface area contributed by atoms with Crippen LogP contribution in [0, 0.1) is 5.92 Å². The first-order valence-corrected chi connectivity index (χ1v) is 8.34. The number of nitrogens with one attached hydrogen (secondary N) is 1. The zero-order chi connectivity index (χ0) is 15.5. The Morgan fingerprint density at radius 2 is 1.91 bits per heavy atom. The van der Waals surface area contributed by atoms with Crippen LogP contribution in [0.25, 0.3) is 0 Å². The van der Waals surface area contributed by atoms with Gasteiger partial charge in [-0.3, -0.25) is 9.69 Å². The Bertz CT molecular complexity index is 543. The highest BCUT2D eigenvalue weighted by Crippen LogP contribution is 2.30. The fourth-order valence-corrected chi connectivity index (χ4v) is 3.67. The van der Waals surface area contributed by atoms with Crippen LogP contribution in [-0.2, 0) is 11.2 Å². The van der Waals surface area contributed by atoms with Crippen molar-refractivity contribution in [3.8, 4) is 0 Å². The van der Waals surface area contributed by atoms with Crippen molar-refractivity contribution >= 4 is 11.9 Å². The predicted octanol–water partition coefficient (Wildman–Crippen LogP) is 3.12. The first-order valence-electron chi connectivity index (χ1n) is 8.34. The van der Waals surface area contributed by atoms with Gasteiger partial charge in [-0.2, -0.15) is 0 Å². The molecule has 1 aliphatic carbocycles. The maximum Gasteiger partial charge on any atom is 0.324 e. The molecule has 118 valence electrons. The molecule has 1 heterocycles. The number of fused-ring (bicyclic) bond motifs is 1. The lowest BCUT2D eigenvalue weighted by molar-refractivity contribution is -0.138. The monoisotopic (exact) mass is 300 g/mol. The topological polar surface area (TPSA) is 49.4 Å². The van der Waals surface area contributed by atoms with Gasteiger partial charge in [0.1, 0.15) is 0 Å². The summed E-state index contributed by atoms with van der Waals surface area (Å²) in [5.41, 5.74) is 1.25. The minimum absolute atomic E-state index is 0.00868. The molecule has 0 spiro atoms. The van der Waals surface area contributed by atoms with Crippen LogP contribution in [0.5, 0.6) is 0 Å². The Morgan fingerprint density at radius 1 is 1.18 bits per heavy atom. The summed E-state index contributed by atoms with van der Waals surface area (Å²) >= 11 is 0. The molecule has 22 heavy (non-hydrogen) atoms. The molecule has 4 nitrogen and oxygen atoms in total. The van der Waals surface area contributed by atoms with Crippen LogP contribution in [0.4, 0.5) is 4.79 Å². The third-order valence-corrected chi connectivity index (χ3v) is 4.98. The molecule has 1 aromatic rings. The van der Waals surface area contributed by atoms with Crippen molar-refractivity contribution in [2.24, 2.45) is 5.92 Å². The summed E-state index contributed by atoms with van der Waals surface area (Å²) in [5.74, 6) is 0.0274. The standard InChI is InChI=1S/C18H24N2O2/c1-13(11-12-14-7-3-2-4-8-14)20-17(21)15-9-5-6-10-16(15)19-18(20)22/h2-4,7-8,13,15-16H,5-6,9-12H2,1H3,(H,19,22). The third-order valence-electron chi connectivity index (χ3n) is 4.98. The first kappa shape index (κ1) is 15.1. The maximum absolute atomic E-state index is 12.7. The number of rotatable bonds is 4. The molecule has 1 saturated carbocycles. The second-order valence-corrected chi connectivity index (χ2v) is 6.53. The largest absolute Gasteiger partial charge is 0.334 e. The highest BCUT2D eigenvalue weighted by Gasteiger charge is 2.43. The number of urea groups is 1. The van der Waals surface area contributed by atoms with Crippen molar-refractivity contribution < 1.29 is 9.59 Å².